The number of hydrogen-bond acceptors (Lipinski definition) is 5. The van der Waals surface area contributed by atoms with Gasteiger partial charge in [0.15, 0.2) is 0 Å². The summed E-state index contributed by atoms with van der Waals surface area (Å²) in [6, 6.07) is 0. The van der Waals surface area contributed by atoms with E-state index in [1.807, 2.05) is 19.1 Å². The molecule has 0 saturated heterocycles. The molecule has 0 amide bonds. The Labute approximate surface area is 168 Å². The van der Waals surface area contributed by atoms with Crippen LogP contribution in [-0.2, 0) is 9.53 Å². The van der Waals surface area contributed by atoms with Gasteiger partial charge in [0.25, 0.3) is 0 Å². The summed E-state index contributed by atoms with van der Waals surface area (Å²) in [5.74, 6) is 5.28. The smallest absolute Gasteiger partial charge is 0.305 e. The first-order valence-corrected chi connectivity index (χ1v) is 9.43. The number of carbonyl (C=O) groups is 1. The van der Waals surface area contributed by atoms with Crippen LogP contribution in [0.5, 0.6) is 0 Å². The van der Waals surface area contributed by atoms with Crippen molar-refractivity contribution < 1.29 is 24.9 Å². The van der Waals surface area contributed by atoms with Crippen molar-refractivity contribution >= 4 is 5.97 Å². The summed E-state index contributed by atoms with van der Waals surface area (Å²) in [6.45, 7) is 2.04. The molecule has 0 aromatic carbocycles. The van der Waals surface area contributed by atoms with Gasteiger partial charge in [-0.1, -0.05) is 61.3 Å². The number of aliphatic hydroxyl groups is 3. The number of ether oxygens (including phenoxy) is 1. The number of hydrogen-bond donors (Lipinski definition) is 3. The largest absolute Gasteiger partial charge is 0.469 e. The molecule has 0 bridgehead atoms. The van der Waals surface area contributed by atoms with E-state index in [9.17, 15) is 20.1 Å². The molecule has 0 aromatic heterocycles. The first kappa shape index (κ1) is 25.6. The van der Waals surface area contributed by atoms with Crippen molar-refractivity contribution in [3.63, 3.8) is 0 Å². The molecule has 0 aliphatic rings. The van der Waals surface area contributed by atoms with Crippen LogP contribution in [0.1, 0.15) is 39.0 Å². The van der Waals surface area contributed by atoms with Crippen LogP contribution in [0.15, 0.2) is 60.8 Å². The van der Waals surface area contributed by atoms with E-state index in [0.717, 1.165) is 6.42 Å². The van der Waals surface area contributed by atoms with Crippen molar-refractivity contribution in [2.75, 3.05) is 7.11 Å². The van der Waals surface area contributed by atoms with E-state index in [1.165, 1.54) is 13.2 Å². The average molecular weight is 389 g/mol. The second-order valence-corrected chi connectivity index (χ2v) is 5.95. The van der Waals surface area contributed by atoms with Crippen molar-refractivity contribution in [2.45, 2.75) is 57.3 Å². The quantitative estimate of drug-likeness (QED) is 0.207. The Kier molecular flexibility index (Phi) is 16.5. The van der Waals surface area contributed by atoms with Crippen molar-refractivity contribution in [3.8, 4) is 11.8 Å². The van der Waals surface area contributed by atoms with Crippen molar-refractivity contribution in [1.29, 1.82) is 0 Å². The lowest BCUT2D eigenvalue weighted by molar-refractivity contribution is -0.140. The molecule has 0 aromatic rings. The van der Waals surface area contributed by atoms with Gasteiger partial charge in [-0.15, -0.1) is 0 Å². The minimum absolute atomic E-state index is 0.279. The molecule has 0 fully saturated rings. The van der Waals surface area contributed by atoms with Crippen molar-refractivity contribution in [3.05, 3.63) is 60.8 Å². The van der Waals surface area contributed by atoms with E-state index in [2.05, 4.69) is 16.6 Å². The summed E-state index contributed by atoms with van der Waals surface area (Å²) >= 11 is 0. The molecule has 0 radical (unpaired) electrons. The third kappa shape index (κ3) is 15.8. The van der Waals surface area contributed by atoms with E-state index in [0.29, 0.717) is 19.3 Å². The molecule has 3 atom stereocenters. The summed E-state index contributed by atoms with van der Waals surface area (Å²) in [5, 5.41) is 29.3. The molecule has 0 aliphatic heterocycles. The van der Waals surface area contributed by atoms with Gasteiger partial charge in [-0.25, -0.2) is 0 Å². The Bertz CT molecular complexity index is 617. The van der Waals surface area contributed by atoms with Crippen LogP contribution in [0.2, 0.25) is 0 Å². The Hall–Kier alpha value is -2.39. The number of aliphatic hydroxyl groups excluding tert-OH is 3. The van der Waals surface area contributed by atoms with Crippen molar-refractivity contribution in [2.24, 2.45) is 0 Å². The first-order valence-electron chi connectivity index (χ1n) is 9.43. The summed E-state index contributed by atoms with van der Waals surface area (Å²) in [4.78, 5) is 10.9. The standard InChI is InChI=1S/C23H32O5/c1-3-4-10-15-20(24)16-11-7-5-6-8-12-17-21(25)22(26)18-13-9-14-19-23(27)28-2/h4,6,8-13,16-17,20-22,24-26H,3,14-15,18-19H2,1-2H3/b8-6+,10-4-,13-9-,16-11+,17-12+/t20-,21-,22+/m1/s1. The lowest BCUT2D eigenvalue weighted by Crippen LogP contribution is -2.22. The third-order valence-corrected chi connectivity index (χ3v) is 3.55. The van der Waals surface area contributed by atoms with E-state index < -0.39 is 18.3 Å². The number of allylic oxidation sites excluding steroid dienone is 6. The van der Waals surface area contributed by atoms with Crippen LogP contribution >= 0.6 is 0 Å². The summed E-state index contributed by atoms with van der Waals surface area (Å²) in [7, 11) is 1.34. The van der Waals surface area contributed by atoms with Crippen LogP contribution in [0, 0.1) is 11.8 Å². The maximum Gasteiger partial charge on any atom is 0.305 e. The molecule has 154 valence electrons. The molecule has 0 saturated carbocycles. The molecule has 0 aliphatic carbocycles. The summed E-state index contributed by atoms with van der Waals surface area (Å²) in [5.41, 5.74) is 0. The fourth-order valence-corrected chi connectivity index (χ4v) is 1.94. The maximum absolute atomic E-state index is 10.9. The number of methoxy groups -OCH3 is 1. The fraction of sp³-hybridized carbons (Fsp3) is 0.435. The van der Waals surface area contributed by atoms with E-state index in [1.54, 1.807) is 42.5 Å². The van der Waals surface area contributed by atoms with Gasteiger partial charge < -0.3 is 20.1 Å². The highest BCUT2D eigenvalue weighted by atomic mass is 16.5. The Morgan fingerprint density at radius 3 is 2.39 bits per heavy atom. The van der Waals surface area contributed by atoms with Crippen LogP contribution in [0.25, 0.3) is 0 Å². The van der Waals surface area contributed by atoms with Gasteiger partial charge in [0.2, 0.25) is 0 Å². The Morgan fingerprint density at radius 2 is 1.68 bits per heavy atom. The highest BCUT2D eigenvalue weighted by molar-refractivity contribution is 5.69. The van der Waals surface area contributed by atoms with Crippen LogP contribution in [-0.4, -0.2) is 46.7 Å². The number of carbonyl (C=O) groups excluding carboxylic acids is 1. The molecule has 0 heterocycles. The normalized spacial score (nSPS) is 15.5. The van der Waals surface area contributed by atoms with Crippen LogP contribution in [0.3, 0.4) is 0 Å². The zero-order chi connectivity index (χ0) is 21.0. The second-order valence-electron chi connectivity index (χ2n) is 5.95. The predicted molar refractivity (Wildman–Crippen MR) is 112 cm³/mol. The molecule has 0 unspecified atom stereocenters. The average Bonchev–Trinajstić information content (AvgIpc) is 2.69. The first-order chi connectivity index (χ1) is 13.5. The van der Waals surface area contributed by atoms with Gasteiger partial charge in [0, 0.05) is 6.42 Å². The minimum Gasteiger partial charge on any atom is -0.469 e. The zero-order valence-corrected chi connectivity index (χ0v) is 16.7. The van der Waals surface area contributed by atoms with Crippen LogP contribution < -0.4 is 0 Å². The van der Waals surface area contributed by atoms with Gasteiger partial charge in [-0.05, 0) is 43.9 Å². The Balaban J connectivity index is 4.11. The number of rotatable bonds is 12. The lowest BCUT2D eigenvalue weighted by atomic mass is 10.1. The molecule has 5 heteroatoms. The topological polar surface area (TPSA) is 87.0 Å². The predicted octanol–water partition coefficient (Wildman–Crippen LogP) is 3.00. The van der Waals surface area contributed by atoms with Gasteiger partial charge >= 0.3 is 5.97 Å². The maximum atomic E-state index is 10.9. The van der Waals surface area contributed by atoms with Gasteiger partial charge in [-0.2, -0.15) is 0 Å². The number of esters is 1. The minimum atomic E-state index is -0.992. The summed E-state index contributed by atoms with van der Waals surface area (Å²) < 4.78 is 4.53. The lowest BCUT2D eigenvalue weighted by Gasteiger charge is -2.11. The van der Waals surface area contributed by atoms with Gasteiger partial charge in [0.05, 0.1) is 25.4 Å². The summed E-state index contributed by atoms with van der Waals surface area (Å²) in [6.07, 6.45) is 17.2. The van der Waals surface area contributed by atoms with Crippen molar-refractivity contribution in [1.82, 2.24) is 0 Å². The van der Waals surface area contributed by atoms with E-state index in [-0.39, 0.29) is 12.4 Å². The molecule has 0 spiro atoms. The molecule has 5 nitrogen and oxygen atoms in total. The highest BCUT2D eigenvalue weighted by Crippen LogP contribution is 2.04. The zero-order valence-electron chi connectivity index (χ0n) is 16.7. The fourth-order valence-electron chi connectivity index (χ4n) is 1.94. The van der Waals surface area contributed by atoms with Crippen LogP contribution in [0.4, 0.5) is 0 Å². The van der Waals surface area contributed by atoms with Gasteiger partial charge in [0.1, 0.15) is 0 Å². The third-order valence-electron chi connectivity index (χ3n) is 3.55. The molecule has 0 rings (SSSR count). The molecule has 3 N–H and O–H groups in total. The van der Waals surface area contributed by atoms with E-state index in [4.69, 9.17) is 0 Å². The molecular weight excluding hydrogens is 356 g/mol. The second kappa shape index (κ2) is 18.0. The molecule has 28 heavy (non-hydrogen) atoms. The molecular formula is C23H32O5. The SMILES string of the molecule is CC/C=C\C[C@@H](O)/C=C/C#C/C=C/C=C/[C@@H](O)[C@@H](O)C/C=C\CCC(=O)OC. The highest BCUT2D eigenvalue weighted by Gasteiger charge is 2.10. The Morgan fingerprint density at radius 1 is 0.964 bits per heavy atom. The van der Waals surface area contributed by atoms with E-state index >= 15 is 0 Å². The monoisotopic (exact) mass is 388 g/mol. The van der Waals surface area contributed by atoms with Gasteiger partial charge in [-0.3, -0.25) is 4.79 Å².